The number of nitrogens with one attached hydrogen (secondary N) is 2. The molecule has 0 bridgehead atoms. The van der Waals surface area contributed by atoms with Crippen molar-refractivity contribution in [3.05, 3.63) is 96.4 Å². The molecule has 1 aliphatic rings. The lowest BCUT2D eigenvalue weighted by Gasteiger charge is -2.28. The predicted molar refractivity (Wildman–Crippen MR) is 135 cm³/mol. The molecule has 3 aromatic carbocycles. The molecule has 1 amide bonds. The molecule has 4 aromatic rings. The maximum absolute atomic E-state index is 13.6. The Morgan fingerprint density at radius 3 is 2.51 bits per heavy atom. The third-order valence-electron chi connectivity index (χ3n) is 5.64. The van der Waals surface area contributed by atoms with Gasteiger partial charge in [-0.3, -0.25) is 4.79 Å². The number of benzene rings is 3. The van der Waals surface area contributed by atoms with Crippen LogP contribution in [0.1, 0.15) is 10.4 Å². The van der Waals surface area contributed by atoms with Gasteiger partial charge in [0.05, 0.1) is 13.2 Å². The van der Waals surface area contributed by atoms with Crippen molar-refractivity contribution in [2.75, 3.05) is 41.8 Å². The summed E-state index contributed by atoms with van der Waals surface area (Å²) in [6.45, 7) is 3.18. The Bertz CT molecular complexity index is 1320. The molecule has 0 aliphatic carbocycles. The molecule has 7 nitrogen and oxygen atoms in total. The van der Waals surface area contributed by atoms with Crippen molar-refractivity contribution in [3.63, 3.8) is 0 Å². The number of halogens is 1. The van der Waals surface area contributed by atoms with Gasteiger partial charge < -0.3 is 20.3 Å². The fourth-order valence-electron chi connectivity index (χ4n) is 3.86. The minimum Gasteiger partial charge on any atom is -0.378 e. The smallest absolute Gasteiger partial charge is 0.255 e. The Morgan fingerprint density at radius 2 is 1.71 bits per heavy atom. The molecule has 35 heavy (non-hydrogen) atoms. The van der Waals surface area contributed by atoms with Gasteiger partial charge in [0.2, 0.25) is 0 Å². The Balaban J connectivity index is 1.26. The van der Waals surface area contributed by atoms with E-state index in [1.165, 1.54) is 12.1 Å². The van der Waals surface area contributed by atoms with Crippen molar-refractivity contribution < 1.29 is 13.9 Å². The van der Waals surface area contributed by atoms with Crippen molar-refractivity contribution in [3.8, 4) is 11.4 Å². The molecule has 0 atom stereocenters. The number of morpholine rings is 1. The lowest BCUT2D eigenvalue weighted by molar-refractivity contribution is 0.102. The van der Waals surface area contributed by atoms with E-state index in [9.17, 15) is 9.18 Å². The van der Waals surface area contributed by atoms with Crippen LogP contribution in [0.25, 0.3) is 11.4 Å². The first-order valence-corrected chi connectivity index (χ1v) is 11.3. The molecule has 0 unspecified atom stereocenters. The van der Waals surface area contributed by atoms with Crippen LogP contribution in [-0.2, 0) is 4.74 Å². The first-order chi connectivity index (χ1) is 17.1. The van der Waals surface area contributed by atoms with Gasteiger partial charge in [-0.15, -0.1) is 0 Å². The number of rotatable bonds is 6. The summed E-state index contributed by atoms with van der Waals surface area (Å²) in [4.78, 5) is 23.8. The van der Waals surface area contributed by atoms with E-state index in [-0.39, 0.29) is 11.7 Å². The summed E-state index contributed by atoms with van der Waals surface area (Å²) < 4.78 is 19.0. The highest BCUT2D eigenvalue weighted by molar-refractivity contribution is 6.05. The van der Waals surface area contributed by atoms with E-state index in [0.717, 1.165) is 37.7 Å². The van der Waals surface area contributed by atoms with Gasteiger partial charge >= 0.3 is 0 Å². The van der Waals surface area contributed by atoms with Gasteiger partial charge in [-0.1, -0.05) is 18.2 Å². The quantitative estimate of drug-likeness (QED) is 0.408. The third-order valence-corrected chi connectivity index (χ3v) is 5.64. The second-order valence-corrected chi connectivity index (χ2v) is 8.08. The summed E-state index contributed by atoms with van der Waals surface area (Å²) in [5.41, 5.74) is 3.62. The maximum atomic E-state index is 13.6. The number of hydrogen-bond acceptors (Lipinski definition) is 6. The first-order valence-electron chi connectivity index (χ1n) is 11.3. The molecule has 2 N–H and O–H groups in total. The minimum absolute atomic E-state index is 0.212. The van der Waals surface area contributed by atoms with E-state index in [0.29, 0.717) is 28.5 Å². The number of carbonyl (C=O) groups is 1. The molecule has 176 valence electrons. The van der Waals surface area contributed by atoms with Crippen LogP contribution < -0.4 is 15.5 Å². The summed E-state index contributed by atoms with van der Waals surface area (Å²) in [6.07, 6.45) is 1.60. The summed E-state index contributed by atoms with van der Waals surface area (Å²) >= 11 is 0. The Kier molecular flexibility index (Phi) is 6.63. The molecular formula is C27H24FN5O2. The fraction of sp³-hybridized carbons (Fsp3) is 0.148. The number of anilines is 4. The van der Waals surface area contributed by atoms with E-state index in [4.69, 9.17) is 4.74 Å². The average molecular weight is 470 g/mol. The molecule has 2 heterocycles. The maximum Gasteiger partial charge on any atom is 0.255 e. The van der Waals surface area contributed by atoms with Gasteiger partial charge in [-0.2, -0.15) is 0 Å². The standard InChI is InChI=1S/C27H24FN5O2/c28-21-5-1-3-19(17-21)26-29-12-11-25(32-26)30-23-6-2-4-20(18-23)27(34)31-22-7-9-24(10-8-22)33-13-15-35-16-14-33/h1-12,17-18H,13-16H2,(H,31,34)(H,29,30,32). The van der Waals surface area contributed by atoms with Crippen LogP contribution in [0.4, 0.5) is 27.3 Å². The second-order valence-electron chi connectivity index (χ2n) is 8.08. The summed E-state index contributed by atoms with van der Waals surface area (Å²) in [5, 5.41) is 6.14. The van der Waals surface area contributed by atoms with E-state index in [1.807, 2.05) is 30.3 Å². The highest BCUT2D eigenvalue weighted by atomic mass is 19.1. The van der Waals surface area contributed by atoms with Gasteiger partial charge in [0.1, 0.15) is 11.6 Å². The van der Waals surface area contributed by atoms with Crippen molar-refractivity contribution in [2.24, 2.45) is 0 Å². The molecule has 1 aliphatic heterocycles. The molecule has 5 rings (SSSR count). The van der Waals surface area contributed by atoms with Gasteiger partial charge in [0, 0.05) is 47.5 Å². The van der Waals surface area contributed by atoms with Gasteiger partial charge in [0.15, 0.2) is 5.82 Å². The van der Waals surface area contributed by atoms with Crippen LogP contribution >= 0.6 is 0 Å². The van der Waals surface area contributed by atoms with Crippen LogP contribution in [0.5, 0.6) is 0 Å². The molecule has 0 spiro atoms. The monoisotopic (exact) mass is 469 g/mol. The predicted octanol–water partition coefficient (Wildman–Crippen LogP) is 5.12. The van der Waals surface area contributed by atoms with Crippen LogP contribution in [0.15, 0.2) is 85.1 Å². The largest absolute Gasteiger partial charge is 0.378 e. The Morgan fingerprint density at radius 1 is 0.914 bits per heavy atom. The van der Waals surface area contributed by atoms with Gasteiger partial charge in [-0.25, -0.2) is 14.4 Å². The molecule has 0 radical (unpaired) electrons. The van der Waals surface area contributed by atoms with E-state index >= 15 is 0 Å². The molecule has 1 saturated heterocycles. The molecule has 8 heteroatoms. The zero-order valence-electron chi connectivity index (χ0n) is 18.9. The molecule has 1 aromatic heterocycles. The summed E-state index contributed by atoms with van der Waals surface area (Å²) in [7, 11) is 0. The molecule has 0 saturated carbocycles. The van der Waals surface area contributed by atoms with Crippen molar-refractivity contribution in [2.45, 2.75) is 0 Å². The van der Waals surface area contributed by atoms with Gasteiger partial charge in [0.25, 0.3) is 5.91 Å². The van der Waals surface area contributed by atoms with Crippen LogP contribution in [0.2, 0.25) is 0 Å². The molecule has 1 fully saturated rings. The van der Waals surface area contributed by atoms with Crippen molar-refractivity contribution in [1.82, 2.24) is 9.97 Å². The summed E-state index contributed by atoms with van der Waals surface area (Å²) in [5.74, 6) is 0.384. The highest BCUT2D eigenvalue weighted by Crippen LogP contribution is 2.22. The van der Waals surface area contributed by atoms with E-state index < -0.39 is 0 Å². The first kappa shape index (κ1) is 22.5. The van der Waals surface area contributed by atoms with Crippen molar-refractivity contribution in [1.29, 1.82) is 0 Å². The van der Waals surface area contributed by atoms with Crippen LogP contribution in [0.3, 0.4) is 0 Å². The lowest BCUT2D eigenvalue weighted by atomic mass is 10.1. The Labute approximate surface area is 202 Å². The number of ether oxygens (including phenoxy) is 1. The zero-order chi connectivity index (χ0) is 24.0. The van der Waals surface area contributed by atoms with Crippen molar-refractivity contribution >= 4 is 28.8 Å². The van der Waals surface area contributed by atoms with E-state index in [1.54, 1.807) is 42.6 Å². The van der Waals surface area contributed by atoms with Crippen LogP contribution in [0, 0.1) is 5.82 Å². The number of amides is 1. The van der Waals surface area contributed by atoms with Gasteiger partial charge in [-0.05, 0) is 60.7 Å². The molecular weight excluding hydrogens is 445 g/mol. The number of nitrogens with zero attached hydrogens (tertiary/aromatic N) is 3. The fourth-order valence-corrected chi connectivity index (χ4v) is 3.86. The lowest BCUT2D eigenvalue weighted by Crippen LogP contribution is -2.36. The average Bonchev–Trinajstić information content (AvgIpc) is 2.90. The normalized spacial score (nSPS) is 13.3. The Hall–Kier alpha value is -4.30. The van der Waals surface area contributed by atoms with E-state index in [2.05, 4.69) is 25.5 Å². The zero-order valence-corrected chi connectivity index (χ0v) is 18.9. The second kappa shape index (κ2) is 10.3. The SMILES string of the molecule is O=C(Nc1ccc(N2CCOCC2)cc1)c1cccc(Nc2ccnc(-c3cccc(F)c3)n2)c1. The number of carbonyl (C=O) groups excluding carboxylic acids is 1. The minimum atomic E-state index is -0.348. The number of hydrogen-bond donors (Lipinski definition) is 2. The number of aromatic nitrogens is 2. The summed E-state index contributed by atoms with van der Waals surface area (Å²) in [6, 6.07) is 22.8. The highest BCUT2D eigenvalue weighted by Gasteiger charge is 2.12. The topological polar surface area (TPSA) is 79.4 Å². The third kappa shape index (κ3) is 5.62. The van der Waals surface area contributed by atoms with Crippen LogP contribution in [-0.4, -0.2) is 42.2 Å².